The van der Waals surface area contributed by atoms with E-state index in [9.17, 15) is 0 Å². The summed E-state index contributed by atoms with van der Waals surface area (Å²) in [6.07, 6.45) is 6.85. The standard InChI is InChI=1S/C20H23N5O/c1-13-22-19(24-26-13)12-25-8-6-15(7-9-25)18-5-4-16-10-17(14-2-3-14)11-21-20(16)23-18/h4-5,10-11,14-15H,2-3,6-9,12H2,1H3. The van der Waals surface area contributed by atoms with Gasteiger partial charge in [-0.2, -0.15) is 4.98 Å². The monoisotopic (exact) mass is 349 g/mol. The molecule has 2 aliphatic rings. The molecule has 0 amide bonds. The van der Waals surface area contributed by atoms with E-state index in [1.807, 2.05) is 13.1 Å². The number of fused-ring (bicyclic) bond motifs is 1. The summed E-state index contributed by atoms with van der Waals surface area (Å²) in [5.74, 6) is 2.65. The average molecular weight is 349 g/mol. The van der Waals surface area contributed by atoms with Crippen LogP contribution < -0.4 is 0 Å². The van der Waals surface area contributed by atoms with Crippen LogP contribution in [-0.4, -0.2) is 38.1 Å². The largest absolute Gasteiger partial charge is 0.340 e. The average Bonchev–Trinajstić information content (AvgIpc) is 3.44. The Morgan fingerprint density at radius 2 is 1.92 bits per heavy atom. The van der Waals surface area contributed by atoms with Gasteiger partial charge in [-0.05, 0) is 68.5 Å². The lowest BCUT2D eigenvalue weighted by molar-refractivity contribution is 0.196. The second kappa shape index (κ2) is 6.43. The van der Waals surface area contributed by atoms with Crippen LogP contribution in [-0.2, 0) is 6.54 Å². The van der Waals surface area contributed by atoms with E-state index in [1.54, 1.807) is 0 Å². The summed E-state index contributed by atoms with van der Waals surface area (Å²) in [7, 11) is 0. The van der Waals surface area contributed by atoms with Crippen LogP contribution in [0.2, 0.25) is 0 Å². The molecule has 3 aromatic heterocycles. The van der Waals surface area contributed by atoms with E-state index >= 15 is 0 Å². The van der Waals surface area contributed by atoms with Crippen molar-refractivity contribution in [1.82, 2.24) is 25.0 Å². The van der Waals surface area contributed by atoms with Gasteiger partial charge in [-0.25, -0.2) is 9.97 Å². The Labute approximate surface area is 152 Å². The summed E-state index contributed by atoms with van der Waals surface area (Å²) >= 11 is 0. The second-order valence-corrected chi connectivity index (χ2v) is 7.61. The van der Waals surface area contributed by atoms with E-state index < -0.39 is 0 Å². The van der Waals surface area contributed by atoms with Crippen LogP contribution in [0.5, 0.6) is 0 Å². The van der Waals surface area contributed by atoms with Crippen molar-refractivity contribution in [3.8, 4) is 0 Å². The number of nitrogens with zero attached hydrogens (tertiary/aromatic N) is 5. The predicted octanol–water partition coefficient (Wildman–Crippen LogP) is 3.58. The molecule has 134 valence electrons. The lowest BCUT2D eigenvalue weighted by atomic mass is 9.93. The van der Waals surface area contributed by atoms with Crippen molar-refractivity contribution in [2.45, 2.75) is 51.0 Å². The molecule has 3 aromatic rings. The number of rotatable bonds is 4. The van der Waals surface area contributed by atoms with Gasteiger partial charge < -0.3 is 4.52 Å². The molecule has 6 nitrogen and oxygen atoms in total. The summed E-state index contributed by atoms with van der Waals surface area (Å²) in [6, 6.07) is 6.67. The van der Waals surface area contributed by atoms with Crippen molar-refractivity contribution in [2.24, 2.45) is 0 Å². The van der Waals surface area contributed by atoms with Crippen LogP contribution in [0, 0.1) is 6.92 Å². The van der Waals surface area contributed by atoms with Gasteiger partial charge in [-0.3, -0.25) is 4.90 Å². The Balaban J connectivity index is 1.26. The zero-order valence-electron chi connectivity index (χ0n) is 15.1. The molecule has 26 heavy (non-hydrogen) atoms. The van der Waals surface area contributed by atoms with Crippen molar-refractivity contribution >= 4 is 11.0 Å². The van der Waals surface area contributed by atoms with Crippen LogP contribution in [0.15, 0.2) is 28.9 Å². The summed E-state index contributed by atoms with van der Waals surface area (Å²) < 4.78 is 5.06. The molecular formula is C20H23N5O. The van der Waals surface area contributed by atoms with E-state index in [4.69, 9.17) is 9.51 Å². The second-order valence-electron chi connectivity index (χ2n) is 7.61. The van der Waals surface area contributed by atoms with E-state index in [0.29, 0.717) is 11.8 Å². The van der Waals surface area contributed by atoms with Gasteiger partial charge >= 0.3 is 0 Å². The van der Waals surface area contributed by atoms with Crippen LogP contribution in [0.25, 0.3) is 11.0 Å². The summed E-state index contributed by atoms with van der Waals surface area (Å²) in [6.45, 7) is 4.66. The van der Waals surface area contributed by atoms with Gasteiger partial charge in [0.1, 0.15) is 0 Å². The topological polar surface area (TPSA) is 67.9 Å². The van der Waals surface area contributed by atoms with E-state index in [-0.39, 0.29) is 0 Å². The fourth-order valence-corrected chi connectivity index (χ4v) is 3.90. The van der Waals surface area contributed by atoms with Gasteiger partial charge in [0, 0.05) is 30.1 Å². The van der Waals surface area contributed by atoms with Crippen molar-refractivity contribution < 1.29 is 4.52 Å². The third-order valence-electron chi connectivity index (χ3n) is 5.57. The molecule has 1 aliphatic heterocycles. The van der Waals surface area contributed by atoms with Gasteiger partial charge in [-0.1, -0.05) is 5.16 Å². The third-order valence-corrected chi connectivity index (χ3v) is 5.57. The molecule has 0 aromatic carbocycles. The number of piperidine rings is 1. The van der Waals surface area contributed by atoms with Crippen LogP contribution >= 0.6 is 0 Å². The summed E-state index contributed by atoms with van der Waals surface area (Å²) in [4.78, 5) is 16.2. The molecule has 4 heterocycles. The molecule has 0 spiro atoms. The number of likely N-dealkylation sites (tertiary alicyclic amines) is 1. The Bertz CT molecular complexity index is 925. The fraction of sp³-hybridized carbons (Fsp3) is 0.500. The zero-order valence-corrected chi connectivity index (χ0v) is 15.1. The van der Waals surface area contributed by atoms with Gasteiger partial charge in [0.05, 0.1) is 6.54 Å². The molecule has 0 unspecified atom stereocenters. The van der Waals surface area contributed by atoms with Crippen LogP contribution in [0.1, 0.15) is 60.5 Å². The Kier molecular flexibility index (Phi) is 3.93. The molecule has 0 radical (unpaired) electrons. The lowest BCUT2D eigenvalue weighted by Crippen LogP contribution is -2.33. The minimum Gasteiger partial charge on any atom is -0.340 e. The molecule has 1 aliphatic carbocycles. The summed E-state index contributed by atoms with van der Waals surface area (Å²) in [5.41, 5.74) is 3.44. The van der Waals surface area contributed by atoms with Gasteiger partial charge in [0.2, 0.25) is 5.89 Å². The van der Waals surface area contributed by atoms with Crippen molar-refractivity contribution in [3.05, 3.63) is 47.4 Å². The van der Waals surface area contributed by atoms with Gasteiger partial charge in [0.25, 0.3) is 0 Å². The van der Waals surface area contributed by atoms with E-state index in [2.05, 4.69) is 38.2 Å². The Morgan fingerprint density at radius 3 is 2.65 bits per heavy atom. The highest BCUT2D eigenvalue weighted by atomic mass is 16.5. The van der Waals surface area contributed by atoms with Gasteiger partial charge in [-0.15, -0.1) is 0 Å². The minimum atomic E-state index is 0.507. The van der Waals surface area contributed by atoms with Crippen molar-refractivity contribution in [1.29, 1.82) is 0 Å². The highest BCUT2D eigenvalue weighted by Gasteiger charge is 2.25. The summed E-state index contributed by atoms with van der Waals surface area (Å²) in [5, 5.41) is 5.17. The van der Waals surface area contributed by atoms with Crippen molar-refractivity contribution in [3.63, 3.8) is 0 Å². The highest BCUT2D eigenvalue weighted by molar-refractivity contribution is 5.75. The number of aryl methyl sites for hydroxylation is 1. The normalized spacial score (nSPS) is 19.3. The smallest absolute Gasteiger partial charge is 0.223 e. The number of pyridine rings is 2. The Morgan fingerprint density at radius 1 is 1.08 bits per heavy atom. The van der Waals surface area contributed by atoms with Crippen LogP contribution in [0.3, 0.4) is 0 Å². The number of hydrogen-bond donors (Lipinski definition) is 0. The zero-order chi connectivity index (χ0) is 17.5. The first-order chi connectivity index (χ1) is 12.7. The van der Waals surface area contributed by atoms with Gasteiger partial charge in [0.15, 0.2) is 11.5 Å². The van der Waals surface area contributed by atoms with Crippen molar-refractivity contribution in [2.75, 3.05) is 13.1 Å². The molecule has 5 rings (SSSR count). The fourth-order valence-electron chi connectivity index (χ4n) is 3.90. The molecule has 0 atom stereocenters. The van der Waals surface area contributed by atoms with E-state index in [0.717, 1.165) is 49.9 Å². The molecule has 2 fully saturated rings. The predicted molar refractivity (Wildman–Crippen MR) is 97.8 cm³/mol. The highest BCUT2D eigenvalue weighted by Crippen LogP contribution is 2.40. The SMILES string of the molecule is Cc1nc(CN2CCC(c3ccc4cc(C5CC5)cnc4n3)CC2)no1. The molecule has 6 heteroatoms. The minimum absolute atomic E-state index is 0.507. The maximum absolute atomic E-state index is 5.06. The lowest BCUT2D eigenvalue weighted by Gasteiger charge is -2.30. The van der Waals surface area contributed by atoms with E-state index in [1.165, 1.54) is 29.5 Å². The third kappa shape index (κ3) is 3.21. The first kappa shape index (κ1) is 15.9. The first-order valence-corrected chi connectivity index (χ1v) is 9.53. The Hall–Kier alpha value is -2.34. The quantitative estimate of drug-likeness (QED) is 0.717. The number of hydrogen-bond acceptors (Lipinski definition) is 6. The molecule has 0 N–H and O–H groups in total. The first-order valence-electron chi connectivity index (χ1n) is 9.53. The molecule has 1 saturated heterocycles. The molecular weight excluding hydrogens is 326 g/mol. The number of aromatic nitrogens is 4. The maximum atomic E-state index is 5.06. The molecule has 1 saturated carbocycles. The molecule has 0 bridgehead atoms. The maximum Gasteiger partial charge on any atom is 0.223 e. The van der Waals surface area contributed by atoms with Crippen LogP contribution in [0.4, 0.5) is 0 Å².